The summed E-state index contributed by atoms with van der Waals surface area (Å²) in [7, 11) is 0. The molecule has 1 amide bonds. The van der Waals surface area contributed by atoms with E-state index in [1.807, 2.05) is 6.92 Å². The van der Waals surface area contributed by atoms with Crippen molar-refractivity contribution in [3.63, 3.8) is 0 Å². The third-order valence-corrected chi connectivity index (χ3v) is 4.62. The van der Waals surface area contributed by atoms with Crippen LogP contribution >= 0.6 is 24.4 Å². The Morgan fingerprint density at radius 3 is 2.75 bits per heavy atom. The SMILES string of the molecule is CCC1=C(C(=O)S)N2C(=O)[C@@H](C(C)O)[C@H]2S1. The lowest BCUT2D eigenvalue weighted by Crippen LogP contribution is -2.60. The minimum Gasteiger partial charge on any atom is -0.392 e. The van der Waals surface area contributed by atoms with E-state index in [4.69, 9.17) is 0 Å². The molecule has 1 unspecified atom stereocenters. The Labute approximate surface area is 103 Å². The first-order valence-corrected chi connectivity index (χ1v) is 6.46. The molecule has 0 aromatic carbocycles. The highest BCUT2D eigenvalue weighted by atomic mass is 32.2. The van der Waals surface area contributed by atoms with Crippen LogP contribution in [0.3, 0.4) is 0 Å². The molecule has 0 aliphatic carbocycles. The number of amides is 1. The van der Waals surface area contributed by atoms with E-state index in [0.29, 0.717) is 12.1 Å². The summed E-state index contributed by atoms with van der Waals surface area (Å²) in [5.74, 6) is -0.565. The molecule has 0 radical (unpaired) electrons. The van der Waals surface area contributed by atoms with Crippen molar-refractivity contribution in [2.75, 3.05) is 0 Å². The number of aliphatic hydroxyl groups excluding tert-OH is 1. The van der Waals surface area contributed by atoms with Crippen molar-refractivity contribution in [2.45, 2.75) is 31.7 Å². The summed E-state index contributed by atoms with van der Waals surface area (Å²) >= 11 is 5.29. The maximum absolute atomic E-state index is 11.8. The van der Waals surface area contributed by atoms with E-state index >= 15 is 0 Å². The number of hydrogen-bond donors (Lipinski definition) is 2. The highest BCUT2D eigenvalue weighted by Gasteiger charge is 2.56. The maximum Gasteiger partial charge on any atom is 0.236 e. The Balaban J connectivity index is 2.29. The van der Waals surface area contributed by atoms with Crippen molar-refractivity contribution in [1.82, 2.24) is 4.90 Å². The average molecular weight is 259 g/mol. The van der Waals surface area contributed by atoms with Crippen molar-refractivity contribution in [1.29, 1.82) is 0 Å². The van der Waals surface area contributed by atoms with Gasteiger partial charge >= 0.3 is 0 Å². The van der Waals surface area contributed by atoms with Crippen molar-refractivity contribution in [3.05, 3.63) is 10.6 Å². The quantitative estimate of drug-likeness (QED) is 0.586. The Kier molecular flexibility index (Phi) is 3.07. The van der Waals surface area contributed by atoms with Gasteiger partial charge in [-0.1, -0.05) is 19.6 Å². The molecule has 2 rings (SSSR count). The zero-order valence-corrected chi connectivity index (χ0v) is 10.7. The van der Waals surface area contributed by atoms with Gasteiger partial charge in [-0.3, -0.25) is 14.5 Å². The molecule has 0 bridgehead atoms. The lowest BCUT2D eigenvalue weighted by atomic mass is 9.92. The highest BCUT2D eigenvalue weighted by Crippen LogP contribution is 2.51. The number of rotatable bonds is 3. The Morgan fingerprint density at radius 1 is 1.69 bits per heavy atom. The summed E-state index contributed by atoms with van der Waals surface area (Å²) in [6.45, 7) is 3.54. The van der Waals surface area contributed by atoms with Gasteiger partial charge in [0.15, 0.2) is 0 Å². The molecule has 0 aromatic rings. The van der Waals surface area contributed by atoms with E-state index in [1.165, 1.54) is 16.7 Å². The molecular weight excluding hydrogens is 246 g/mol. The molecule has 1 N–H and O–H groups in total. The van der Waals surface area contributed by atoms with E-state index in [-0.39, 0.29) is 16.4 Å². The first kappa shape index (κ1) is 12.0. The number of β-lactam (4-membered cyclic amide) rings is 1. The first-order chi connectivity index (χ1) is 7.49. The van der Waals surface area contributed by atoms with Crippen molar-refractivity contribution < 1.29 is 14.7 Å². The molecule has 1 saturated heterocycles. The molecule has 1 fully saturated rings. The summed E-state index contributed by atoms with van der Waals surface area (Å²) in [4.78, 5) is 25.5. The molecule has 0 spiro atoms. The van der Waals surface area contributed by atoms with E-state index < -0.39 is 12.0 Å². The van der Waals surface area contributed by atoms with Gasteiger partial charge in [0, 0.05) is 4.91 Å². The second-order valence-electron chi connectivity index (χ2n) is 3.91. The van der Waals surface area contributed by atoms with E-state index in [1.54, 1.807) is 6.92 Å². The van der Waals surface area contributed by atoms with Gasteiger partial charge in [-0.15, -0.1) is 11.8 Å². The second-order valence-corrected chi connectivity index (χ2v) is 5.53. The van der Waals surface area contributed by atoms with Gasteiger partial charge < -0.3 is 5.11 Å². The normalized spacial score (nSPS) is 30.2. The van der Waals surface area contributed by atoms with Gasteiger partial charge in [0.25, 0.3) is 0 Å². The molecule has 0 saturated carbocycles. The summed E-state index contributed by atoms with van der Waals surface area (Å²) in [6.07, 6.45) is 0.0350. The van der Waals surface area contributed by atoms with Crippen LogP contribution < -0.4 is 0 Å². The van der Waals surface area contributed by atoms with Crippen LogP contribution in [-0.2, 0) is 9.59 Å². The third-order valence-electron chi connectivity index (χ3n) is 2.90. The number of thioether (sulfide) groups is 1. The van der Waals surface area contributed by atoms with E-state index in [0.717, 1.165) is 4.91 Å². The lowest BCUT2D eigenvalue weighted by Gasteiger charge is -2.43. The minimum absolute atomic E-state index is 0.117. The van der Waals surface area contributed by atoms with Gasteiger partial charge in [-0.05, 0) is 13.3 Å². The van der Waals surface area contributed by atoms with Gasteiger partial charge in [0.1, 0.15) is 11.1 Å². The Hall–Kier alpha value is -0.460. The van der Waals surface area contributed by atoms with Crippen LogP contribution in [0.2, 0.25) is 0 Å². The molecule has 0 aromatic heterocycles. The van der Waals surface area contributed by atoms with Crippen LogP contribution in [0, 0.1) is 5.92 Å². The van der Waals surface area contributed by atoms with Crippen LogP contribution in [0.4, 0.5) is 0 Å². The molecule has 88 valence electrons. The zero-order valence-electron chi connectivity index (χ0n) is 9.01. The monoisotopic (exact) mass is 259 g/mol. The summed E-state index contributed by atoms with van der Waals surface area (Å²) in [5.41, 5.74) is 0.405. The maximum atomic E-state index is 11.8. The van der Waals surface area contributed by atoms with Crippen molar-refractivity contribution in [2.24, 2.45) is 5.92 Å². The fourth-order valence-corrected chi connectivity index (χ4v) is 3.99. The summed E-state index contributed by atoms with van der Waals surface area (Å²) in [5, 5.41) is 9.00. The number of thiol groups is 1. The fourth-order valence-electron chi connectivity index (χ4n) is 2.10. The van der Waals surface area contributed by atoms with Crippen molar-refractivity contribution in [3.8, 4) is 0 Å². The predicted octanol–water partition coefficient (Wildman–Crippen LogP) is 0.976. The Morgan fingerprint density at radius 2 is 2.31 bits per heavy atom. The molecule has 4 nitrogen and oxygen atoms in total. The summed E-state index contributed by atoms with van der Waals surface area (Å²) < 4.78 is 0. The molecule has 2 aliphatic rings. The number of allylic oxidation sites excluding steroid dienone is 1. The topological polar surface area (TPSA) is 57.6 Å². The third kappa shape index (κ3) is 1.51. The van der Waals surface area contributed by atoms with Crippen LogP contribution in [0.25, 0.3) is 0 Å². The molecule has 6 heteroatoms. The van der Waals surface area contributed by atoms with E-state index in [9.17, 15) is 14.7 Å². The minimum atomic E-state index is -0.672. The zero-order chi connectivity index (χ0) is 12.0. The molecule has 16 heavy (non-hydrogen) atoms. The lowest BCUT2D eigenvalue weighted by molar-refractivity contribution is -0.153. The standard InChI is InChI=1S/C10H13NO3S2/c1-3-5-7(10(14)15)11-8(13)6(4(2)12)9(11)16-5/h4,6,9,12H,3H2,1-2H3,(H,14,15)/t4?,6-,9-/m1/s1. The molecule has 2 aliphatic heterocycles. The van der Waals surface area contributed by atoms with Gasteiger partial charge in [-0.25, -0.2) is 0 Å². The molecule has 2 heterocycles. The van der Waals surface area contributed by atoms with Crippen LogP contribution in [-0.4, -0.2) is 32.5 Å². The van der Waals surface area contributed by atoms with Crippen LogP contribution in [0.1, 0.15) is 20.3 Å². The van der Waals surface area contributed by atoms with E-state index in [2.05, 4.69) is 12.6 Å². The van der Waals surface area contributed by atoms with Crippen LogP contribution in [0.15, 0.2) is 10.6 Å². The average Bonchev–Trinajstić information content (AvgIpc) is 2.51. The molecular formula is C10H13NO3S2. The predicted molar refractivity (Wildman–Crippen MR) is 64.7 cm³/mol. The van der Waals surface area contributed by atoms with Gasteiger partial charge in [0.05, 0.1) is 12.0 Å². The van der Waals surface area contributed by atoms with Crippen molar-refractivity contribution >= 4 is 35.4 Å². The molecule has 3 atom stereocenters. The van der Waals surface area contributed by atoms with Crippen LogP contribution in [0.5, 0.6) is 0 Å². The largest absolute Gasteiger partial charge is 0.392 e. The number of fused-ring (bicyclic) bond motifs is 1. The number of nitrogens with zero attached hydrogens (tertiary/aromatic N) is 1. The number of aliphatic hydroxyl groups is 1. The number of carbonyl (C=O) groups is 2. The smallest absolute Gasteiger partial charge is 0.236 e. The number of hydrogen-bond acceptors (Lipinski definition) is 4. The Bertz CT molecular complexity index is 392. The van der Waals surface area contributed by atoms with Gasteiger partial charge in [-0.2, -0.15) is 0 Å². The highest BCUT2D eigenvalue weighted by molar-refractivity contribution is 8.04. The number of carbonyl (C=O) groups excluding carboxylic acids is 2. The van der Waals surface area contributed by atoms with Gasteiger partial charge in [0.2, 0.25) is 11.0 Å². The fraction of sp³-hybridized carbons (Fsp3) is 0.600. The first-order valence-electron chi connectivity index (χ1n) is 5.13. The summed E-state index contributed by atoms with van der Waals surface area (Å²) in [6, 6.07) is 0. The second kappa shape index (κ2) is 4.09.